The zero-order chi connectivity index (χ0) is 26.9. The molecule has 0 aromatic rings. The number of unbranched alkanes of at least 4 members (excludes halogenated alkanes) is 12. The number of hydrogen-bond donors (Lipinski definition) is 0. The zero-order valence-corrected chi connectivity index (χ0v) is 24.0. The number of carbonyl (C=O) groups is 3. The Bertz CT molecular complexity index is 548. The standard InChI is InChI=1S/C30H56O6/c1-5-8-11-14-17-22-34-28(31)21-20-27(30(33)36-24-19-16-13-10-7-3)25-26(4)29(32)35-23-18-15-12-9-6-2/h26-27H,5-25H2,1-4H3. The van der Waals surface area contributed by atoms with Crippen molar-refractivity contribution in [2.75, 3.05) is 19.8 Å². The van der Waals surface area contributed by atoms with Crippen LogP contribution in [0, 0.1) is 11.8 Å². The van der Waals surface area contributed by atoms with Gasteiger partial charge in [-0.3, -0.25) is 14.4 Å². The summed E-state index contributed by atoms with van der Waals surface area (Å²) in [7, 11) is 0. The molecule has 2 unspecified atom stereocenters. The Balaban J connectivity index is 4.56. The third-order valence-electron chi connectivity index (χ3n) is 6.57. The Hall–Kier alpha value is -1.59. The van der Waals surface area contributed by atoms with Crippen molar-refractivity contribution in [1.82, 2.24) is 0 Å². The lowest BCUT2D eigenvalue weighted by Crippen LogP contribution is -2.26. The predicted molar refractivity (Wildman–Crippen MR) is 146 cm³/mol. The van der Waals surface area contributed by atoms with E-state index in [0.29, 0.717) is 32.7 Å². The van der Waals surface area contributed by atoms with Crippen LogP contribution in [0.4, 0.5) is 0 Å². The molecule has 0 bridgehead atoms. The molecule has 2 atom stereocenters. The second-order valence-corrected chi connectivity index (χ2v) is 10.2. The molecular formula is C30H56O6. The van der Waals surface area contributed by atoms with Crippen molar-refractivity contribution in [3.05, 3.63) is 0 Å². The van der Waals surface area contributed by atoms with Gasteiger partial charge in [0.1, 0.15) is 0 Å². The molecule has 0 saturated heterocycles. The lowest BCUT2D eigenvalue weighted by molar-refractivity contribution is -0.153. The van der Waals surface area contributed by atoms with Crippen LogP contribution in [-0.4, -0.2) is 37.7 Å². The van der Waals surface area contributed by atoms with E-state index < -0.39 is 11.8 Å². The smallest absolute Gasteiger partial charge is 0.308 e. The molecule has 6 heteroatoms. The van der Waals surface area contributed by atoms with Crippen molar-refractivity contribution in [3.63, 3.8) is 0 Å². The van der Waals surface area contributed by atoms with E-state index in [1.807, 2.05) is 0 Å². The third-order valence-corrected chi connectivity index (χ3v) is 6.57. The van der Waals surface area contributed by atoms with E-state index in [4.69, 9.17) is 14.2 Å². The first-order valence-electron chi connectivity index (χ1n) is 14.9. The molecule has 0 aromatic heterocycles. The van der Waals surface area contributed by atoms with Gasteiger partial charge in [0.15, 0.2) is 0 Å². The monoisotopic (exact) mass is 512 g/mol. The van der Waals surface area contributed by atoms with Crippen molar-refractivity contribution >= 4 is 17.9 Å². The van der Waals surface area contributed by atoms with Gasteiger partial charge in [-0.1, -0.05) is 105 Å². The van der Waals surface area contributed by atoms with Gasteiger partial charge in [-0.2, -0.15) is 0 Å². The van der Waals surface area contributed by atoms with Gasteiger partial charge in [-0.15, -0.1) is 0 Å². The van der Waals surface area contributed by atoms with Crippen molar-refractivity contribution < 1.29 is 28.6 Å². The summed E-state index contributed by atoms with van der Waals surface area (Å²) >= 11 is 0. The maximum Gasteiger partial charge on any atom is 0.308 e. The lowest BCUT2D eigenvalue weighted by Gasteiger charge is -2.19. The number of esters is 3. The van der Waals surface area contributed by atoms with Gasteiger partial charge in [0.2, 0.25) is 0 Å². The minimum atomic E-state index is -0.509. The van der Waals surface area contributed by atoms with Crippen LogP contribution in [0.15, 0.2) is 0 Å². The van der Waals surface area contributed by atoms with Gasteiger partial charge in [-0.05, 0) is 32.1 Å². The molecule has 0 heterocycles. The molecule has 0 aliphatic heterocycles. The SMILES string of the molecule is CCCCCCCOC(=O)CCC(CC(C)C(=O)OCCCCCCC)C(=O)OCCCCCCC. The van der Waals surface area contributed by atoms with Crippen LogP contribution in [0.25, 0.3) is 0 Å². The fourth-order valence-corrected chi connectivity index (χ4v) is 4.13. The summed E-state index contributed by atoms with van der Waals surface area (Å²) in [6.07, 6.45) is 17.1. The summed E-state index contributed by atoms with van der Waals surface area (Å²) in [4.78, 5) is 37.5. The number of rotatable bonds is 25. The van der Waals surface area contributed by atoms with Gasteiger partial charge in [-0.25, -0.2) is 0 Å². The first kappa shape index (κ1) is 34.4. The second kappa shape index (κ2) is 25.1. The van der Waals surface area contributed by atoms with E-state index in [-0.39, 0.29) is 24.3 Å². The average Bonchev–Trinajstić information content (AvgIpc) is 2.87. The molecule has 0 aromatic carbocycles. The number of ether oxygens (including phenoxy) is 3. The minimum Gasteiger partial charge on any atom is -0.466 e. The number of hydrogen-bond acceptors (Lipinski definition) is 6. The van der Waals surface area contributed by atoms with Gasteiger partial charge in [0.05, 0.1) is 31.7 Å². The van der Waals surface area contributed by atoms with Gasteiger partial charge >= 0.3 is 17.9 Å². The van der Waals surface area contributed by atoms with Crippen molar-refractivity contribution in [1.29, 1.82) is 0 Å². The largest absolute Gasteiger partial charge is 0.466 e. The van der Waals surface area contributed by atoms with E-state index in [2.05, 4.69) is 20.8 Å². The summed E-state index contributed by atoms with van der Waals surface area (Å²) in [5.74, 6) is -1.82. The molecule has 36 heavy (non-hydrogen) atoms. The van der Waals surface area contributed by atoms with Gasteiger partial charge < -0.3 is 14.2 Å². The average molecular weight is 513 g/mol. The van der Waals surface area contributed by atoms with Gasteiger partial charge in [0.25, 0.3) is 0 Å². The predicted octanol–water partition coefficient (Wildman–Crippen LogP) is 7.95. The number of carbonyl (C=O) groups excluding carboxylic acids is 3. The van der Waals surface area contributed by atoms with E-state index in [0.717, 1.165) is 57.8 Å². The van der Waals surface area contributed by atoms with Crippen molar-refractivity contribution in [2.45, 2.75) is 143 Å². The first-order chi connectivity index (χ1) is 17.5. The van der Waals surface area contributed by atoms with Crippen molar-refractivity contribution in [2.24, 2.45) is 11.8 Å². The van der Waals surface area contributed by atoms with Crippen LogP contribution in [-0.2, 0) is 28.6 Å². The molecule has 0 aliphatic carbocycles. The molecule has 0 N–H and O–H groups in total. The Labute approximate surface area is 221 Å². The van der Waals surface area contributed by atoms with Crippen molar-refractivity contribution in [3.8, 4) is 0 Å². The highest BCUT2D eigenvalue weighted by molar-refractivity contribution is 5.77. The third kappa shape index (κ3) is 20.6. The highest BCUT2D eigenvalue weighted by Crippen LogP contribution is 2.21. The molecule has 0 amide bonds. The molecule has 0 fully saturated rings. The topological polar surface area (TPSA) is 78.9 Å². The summed E-state index contributed by atoms with van der Waals surface area (Å²) in [5.41, 5.74) is 0. The molecular weight excluding hydrogens is 456 g/mol. The normalized spacial score (nSPS) is 12.7. The highest BCUT2D eigenvalue weighted by Gasteiger charge is 2.27. The van der Waals surface area contributed by atoms with Crippen LogP contribution in [0.1, 0.15) is 143 Å². The molecule has 0 aliphatic rings. The zero-order valence-electron chi connectivity index (χ0n) is 24.0. The second-order valence-electron chi connectivity index (χ2n) is 10.2. The van der Waals surface area contributed by atoms with E-state index in [9.17, 15) is 14.4 Å². The fraction of sp³-hybridized carbons (Fsp3) is 0.900. The van der Waals surface area contributed by atoms with E-state index in [1.54, 1.807) is 6.92 Å². The Morgan fingerprint density at radius 2 is 0.972 bits per heavy atom. The molecule has 212 valence electrons. The highest BCUT2D eigenvalue weighted by atomic mass is 16.5. The quantitative estimate of drug-likeness (QED) is 0.0701. The molecule has 0 spiro atoms. The summed E-state index contributed by atoms with van der Waals surface area (Å²) in [6, 6.07) is 0. The van der Waals surface area contributed by atoms with E-state index >= 15 is 0 Å². The minimum absolute atomic E-state index is 0.157. The van der Waals surface area contributed by atoms with Crippen LogP contribution in [0.3, 0.4) is 0 Å². The van der Waals surface area contributed by atoms with Crippen LogP contribution >= 0.6 is 0 Å². The molecule has 6 nitrogen and oxygen atoms in total. The molecule has 0 saturated carbocycles. The Morgan fingerprint density at radius 3 is 1.44 bits per heavy atom. The Kier molecular flexibility index (Phi) is 24.0. The lowest BCUT2D eigenvalue weighted by atomic mass is 9.92. The summed E-state index contributed by atoms with van der Waals surface area (Å²) < 4.78 is 16.3. The van der Waals surface area contributed by atoms with E-state index in [1.165, 1.54) is 38.5 Å². The van der Waals surface area contributed by atoms with Crippen LogP contribution < -0.4 is 0 Å². The first-order valence-corrected chi connectivity index (χ1v) is 14.9. The summed E-state index contributed by atoms with van der Waals surface area (Å²) in [5, 5.41) is 0. The maximum atomic E-state index is 12.8. The van der Waals surface area contributed by atoms with Crippen LogP contribution in [0.5, 0.6) is 0 Å². The molecule has 0 radical (unpaired) electrons. The Morgan fingerprint density at radius 1 is 0.556 bits per heavy atom. The summed E-state index contributed by atoms with van der Waals surface area (Å²) in [6.45, 7) is 9.53. The fourth-order valence-electron chi connectivity index (χ4n) is 4.13. The van der Waals surface area contributed by atoms with Crippen LogP contribution in [0.2, 0.25) is 0 Å². The molecule has 0 rings (SSSR count). The maximum absolute atomic E-state index is 12.8. The van der Waals surface area contributed by atoms with Gasteiger partial charge in [0, 0.05) is 6.42 Å².